The van der Waals surface area contributed by atoms with Gasteiger partial charge in [-0.25, -0.2) is 8.42 Å². The lowest BCUT2D eigenvalue weighted by Gasteiger charge is -2.24. The van der Waals surface area contributed by atoms with Crippen molar-refractivity contribution in [3.8, 4) is 0 Å². The van der Waals surface area contributed by atoms with Crippen molar-refractivity contribution in [1.82, 2.24) is 9.55 Å². The topological polar surface area (TPSA) is 95.1 Å². The first-order valence-electron chi connectivity index (χ1n) is 8.52. The van der Waals surface area contributed by atoms with Crippen LogP contribution < -0.4 is 0 Å². The first-order valence-corrected chi connectivity index (χ1v) is 10.8. The van der Waals surface area contributed by atoms with Gasteiger partial charge in [0.2, 0.25) is 20.7 Å². The van der Waals surface area contributed by atoms with E-state index >= 15 is 0 Å². The van der Waals surface area contributed by atoms with Crippen molar-refractivity contribution in [2.75, 3.05) is 0 Å². The summed E-state index contributed by atoms with van der Waals surface area (Å²) in [7, 11) is -4.42. The van der Waals surface area contributed by atoms with Crippen molar-refractivity contribution < 1.29 is 13.3 Å². The third-order valence-electron chi connectivity index (χ3n) is 3.82. The smallest absolute Gasteiger partial charge is 0.358 e. The molecule has 0 N–H and O–H groups in total. The van der Waals surface area contributed by atoms with E-state index in [0.717, 1.165) is 0 Å². The van der Waals surface area contributed by atoms with E-state index in [1.54, 1.807) is 0 Å². The van der Waals surface area contributed by atoms with Crippen molar-refractivity contribution in [2.45, 2.75) is 63.4 Å². The summed E-state index contributed by atoms with van der Waals surface area (Å²) in [5.41, 5.74) is -1.00. The zero-order valence-corrected chi connectivity index (χ0v) is 18.9. The monoisotopic (exact) mass is 447 g/mol. The Labute approximate surface area is 174 Å². The lowest BCUT2D eigenvalue weighted by Crippen LogP contribution is -2.26. The maximum absolute atomic E-state index is 13.5. The molecule has 0 radical (unpaired) electrons. The number of hydrogen-bond acceptors (Lipinski definition) is 5. The highest BCUT2D eigenvalue weighted by molar-refractivity contribution is 7.91. The fourth-order valence-corrected chi connectivity index (χ4v) is 5.49. The molecule has 10 heteroatoms. The highest BCUT2D eigenvalue weighted by Gasteiger charge is 2.43. The molecule has 7 nitrogen and oxygen atoms in total. The van der Waals surface area contributed by atoms with Crippen LogP contribution in [0, 0.1) is 15.5 Å². The van der Waals surface area contributed by atoms with Crippen LogP contribution in [0.15, 0.2) is 28.1 Å². The normalized spacial score (nSPS) is 13.0. The molecule has 0 amide bonds. The quantitative estimate of drug-likeness (QED) is 0.469. The van der Waals surface area contributed by atoms with Gasteiger partial charge in [0.05, 0.1) is 10.0 Å². The predicted octanol–water partition coefficient (Wildman–Crippen LogP) is 5.27. The van der Waals surface area contributed by atoms with E-state index in [4.69, 9.17) is 23.2 Å². The van der Waals surface area contributed by atoms with E-state index in [1.807, 2.05) is 41.5 Å². The van der Waals surface area contributed by atoms with Gasteiger partial charge in [-0.2, -0.15) is 0 Å². The second kappa shape index (κ2) is 7.31. The number of rotatable bonds is 4. The number of sulfone groups is 1. The Balaban J connectivity index is 3.00. The average molecular weight is 448 g/mol. The van der Waals surface area contributed by atoms with Gasteiger partial charge in [-0.3, -0.25) is 4.57 Å². The van der Waals surface area contributed by atoms with Crippen LogP contribution in [0.5, 0.6) is 0 Å². The number of aromatic nitrogens is 2. The van der Waals surface area contributed by atoms with E-state index in [9.17, 15) is 18.5 Å². The molecule has 0 aliphatic rings. The van der Waals surface area contributed by atoms with Gasteiger partial charge in [0.1, 0.15) is 4.90 Å². The molecule has 0 saturated heterocycles. The maximum Gasteiger partial charge on any atom is 0.401 e. The minimum atomic E-state index is -4.42. The summed E-state index contributed by atoms with van der Waals surface area (Å²) >= 11 is 12.2. The van der Waals surface area contributed by atoms with Gasteiger partial charge in [0, 0.05) is 12.0 Å². The Hall–Kier alpha value is -1.64. The van der Waals surface area contributed by atoms with Gasteiger partial charge in [-0.1, -0.05) is 70.8 Å². The molecule has 2 rings (SSSR count). The Morgan fingerprint density at radius 3 is 2.00 bits per heavy atom. The van der Waals surface area contributed by atoms with Crippen LogP contribution in [0.2, 0.25) is 10.0 Å². The largest absolute Gasteiger partial charge is 0.401 e. The molecule has 0 fully saturated rings. The summed E-state index contributed by atoms with van der Waals surface area (Å²) in [6.07, 6.45) is 0. The number of imidazole rings is 1. The molecule has 0 aliphatic heterocycles. The second-order valence-corrected chi connectivity index (χ2v) is 11.4. The predicted molar refractivity (Wildman–Crippen MR) is 109 cm³/mol. The van der Waals surface area contributed by atoms with Crippen molar-refractivity contribution in [1.29, 1.82) is 0 Å². The van der Waals surface area contributed by atoms with Gasteiger partial charge < -0.3 is 10.1 Å². The van der Waals surface area contributed by atoms with Gasteiger partial charge in [0.15, 0.2) is 0 Å². The van der Waals surface area contributed by atoms with Gasteiger partial charge in [-0.15, -0.1) is 0 Å². The van der Waals surface area contributed by atoms with E-state index in [0.29, 0.717) is 5.82 Å². The highest BCUT2D eigenvalue weighted by Crippen LogP contribution is 2.40. The summed E-state index contributed by atoms with van der Waals surface area (Å²) in [6.45, 7) is 11.4. The molecule has 0 spiro atoms. The number of halogens is 2. The SMILES string of the molecule is CC(C)(C)Cn1c(C(C)(C)C)nc([N+](=O)[O-])c1S(=O)(=O)c1c(Cl)cccc1Cl. The first kappa shape index (κ1) is 22.6. The summed E-state index contributed by atoms with van der Waals surface area (Å²) in [6, 6.07) is 4.26. The van der Waals surface area contributed by atoms with Crippen LogP contribution >= 0.6 is 23.2 Å². The Bertz CT molecular complexity index is 1010. The molecule has 0 atom stereocenters. The summed E-state index contributed by atoms with van der Waals surface area (Å²) in [4.78, 5) is 14.7. The van der Waals surface area contributed by atoms with Crippen molar-refractivity contribution in [2.24, 2.45) is 5.41 Å². The Morgan fingerprint density at radius 1 is 1.11 bits per heavy atom. The zero-order chi connectivity index (χ0) is 21.7. The minimum absolute atomic E-state index is 0.109. The molecule has 1 aromatic heterocycles. The molecule has 28 heavy (non-hydrogen) atoms. The standard InChI is InChI=1S/C18H23Cl2N3O4S/c1-17(2,3)10-22-15(14(23(24)25)21-16(22)18(4,5)6)28(26,27)13-11(19)8-7-9-12(13)20/h7-9H,10H2,1-6H3. The molecule has 0 aliphatic carbocycles. The first-order chi connectivity index (χ1) is 12.6. The number of hydrogen-bond donors (Lipinski definition) is 0. The van der Waals surface area contributed by atoms with Crippen molar-refractivity contribution in [3.63, 3.8) is 0 Å². The fourth-order valence-electron chi connectivity index (χ4n) is 2.84. The number of benzene rings is 1. The number of nitro groups is 1. The molecule has 0 unspecified atom stereocenters. The lowest BCUT2D eigenvalue weighted by molar-refractivity contribution is -0.392. The summed E-state index contributed by atoms with van der Waals surface area (Å²) in [5, 5.41) is 11.0. The average Bonchev–Trinajstić information content (AvgIpc) is 2.84. The fraction of sp³-hybridized carbons (Fsp3) is 0.500. The molecule has 2 aromatic rings. The molecule has 1 aromatic carbocycles. The summed E-state index contributed by atoms with van der Waals surface area (Å²) < 4.78 is 28.4. The Kier molecular flexibility index (Phi) is 5.92. The second-order valence-electron chi connectivity index (χ2n) is 8.77. The van der Waals surface area contributed by atoms with Gasteiger partial charge in [0.25, 0.3) is 0 Å². The van der Waals surface area contributed by atoms with Crippen LogP contribution in [0.25, 0.3) is 0 Å². The van der Waals surface area contributed by atoms with E-state index < -0.39 is 31.0 Å². The highest BCUT2D eigenvalue weighted by atomic mass is 35.5. The van der Waals surface area contributed by atoms with Crippen molar-refractivity contribution >= 4 is 38.9 Å². The van der Waals surface area contributed by atoms with Crippen LogP contribution in [0.1, 0.15) is 47.4 Å². The molecule has 0 bridgehead atoms. The third-order valence-corrected chi connectivity index (χ3v) is 6.57. The van der Waals surface area contributed by atoms with Gasteiger partial charge >= 0.3 is 5.82 Å². The van der Waals surface area contributed by atoms with Crippen LogP contribution in [-0.4, -0.2) is 22.9 Å². The third kappa shape index (κ3) is 4.34. The van der Waals surface area contributed by atoms with E-state index in [2.05, 4.69) is 4.98 Å². The molecular formula is C18H23Cl2N3O4S. The zero-order valence-electron chi connectivity index (χ0n) is 16.6. The van der Waals surface area contributed by atoms with Crippen LogP contribution in [-0.2, 0) is 21.8 Å². The van der Waals surface area contributed by atoms with E-state index in [1.165, 1.54) is 22.8 Å². The maximum atomic E-state index is 13.5. The Morgan fingerprint density at radius 2 is 1.61 bits per heavy atom. The minimum Gasteiger partial charge on any atom is -0.358 e. The summed E-state index contributed by atoms with van der Waals surface area (Å²) in [5.74, 6) is -0.430. The van der Waals surface area contributed by atoms with Crippen LogP contribution in [0.3, 0.4) is 0 Å². The van der Waals surface area contributed by atoms with Crippen molar-refractivity contribution in [3.05, 3.63) is 44.2 Å². The number of nitrogens with zero attached hydrogens (tertiary/aromatic N) is 3. The van der Waals surface area contributed by atoms with Gasteiger partial charge in [-0.05, 0) is 27.5 Å². The lowest BCUT2D eigenvalue weighted by atomic mass is 9.93. The molecule has 1 heterocycles. The van der Waals surface area contributed by atoms with E-state index in [-0.39, 0.29) is 26.9 Å². The van der Waals surface area contributed by atoms with Crippen LogP contribution in [0.4, 0.5) is 5.82 Å². The molecule has 0 saturated carbocycles. The molecular weight excluding hydrogens is 425 g/mol. The molecule has 154 valence electrons.